The highest BCUT2D eigenvalue weighted by Gasteiger charge is 2.06. The average molecular weight is 196 g/mol. The fourth-order valence-electron chi connectivity index (χ4n) is 1.04. The third-order valence-electron chi connectivity index (χ3n) is 1.68. The monoisotopic (exact) mass is 196 g/mol. The fourth-order valence-corrected chi connectivity index (χ4v) is 1.04. The molecular weight excluding hydrogens is 176 g/mol. The van der Waals surface area contributed by atoms with Crippen LogP contribution in [-0.2, 0) is 9.53 Å². The molecule has 0 bridgehead atoms. The third kappa shape index (κ3) is 7.59. The molecule has 0 radical (unpaired) electrons. The van der Waals surface area contributed by atoms with Gasteiger partial charge in [-0.25, -0.2) is 0 Å². The van der Waals surface area contributed by atoms with Crippen LogP contribution in [0, 0.1) is 5.92 Å². The minimum Gasteiger partial charge on any atom is -0.458 e. The van der Waals surface area contributed by atoms with Crippen molar-refractivity contribution >= 4 is 5.97 Å². The van der Waals surface area contributed by atoms with Crippen LogP contribution in [0.1, 0.15) is 33.6 Å². The van der Waals surface area contributed by atoms with Crippen LogP contribution in [0.15, 0.2) is 24.8 Å². The molecule has 0 saturated heterocycles. The Hall–Kier alpha value is -1.05. The summed E-state index contributed by atoms with van der Waals surface area (Å²) in [7, 11) is 0. The van der Waals surface area contributed by atoms with E-state index in [-0.39, 0.29) is 12.1 Å². The molecule has 14 heavy (non-hydrogen) atoms. The maximum absolute atomic E-state index is 10.8. The summed E-state index contributed by atoms with van der Waals surface area (Å²) in [6, 6.07) is 0. The first-order valence-corrected chi connectivity index (χ1v) is 5.02. The molecule has 0 aromatic heterocycles. The first kappa shape index (κ1) is 12.9. The van der Waals surface area contributed by atoms with Crippen LogP contribution in [0.2, 0.25) is 0 Å². The number of hydrogen-bond donors (Lipinski definition) is 0. The van der Waals surface area contributed by atoms with Gasteiger partial charge < -0.3 is 4.74 Å². The lowest BCUT2D eigenvalue weighted by Crippen LogP contribution is -2.13. The molecule has 0 heterocycles. The van der Waals surface area contributed by atoms with Crippen molar-refractivity contribution in [1.29, 1.82) is 0 Å². The van der Waals surface area contributed by atoms with Gasteiger partial charge in [0.25, 0.3) is 0 Å². The highest BCUT2D eigenvalue weighted by molar-refractivity contribution is 5.66. The Bertz CT molecular complexity index is 204. The van der Waals surface area contributed by atoms with E-state index < -0.39 is 0 Å². The van der Waals surface area contributed by atoms with Crippen molar-refractivity contribution < 1.29 is 9.53 Å². The van der Waals surface area contributed by atoms with E-state index in [1.54, 1.807) is 0 Å². The standard InChI is InChI=1S/C12H20O2/c1-5-6-7-12(14-11(4)13)9-8-10(2)3/h5,8-10,12H,1,6-7H2,2-4H3/b9-8+. The zero-order valence-electron chi connectivity index (χ0n) is 9.32. The highest BCUT2D eigenvalue weighted by atomic mass is 16.5. The van der Waals surface area contributed by atoms with Crippen LogP contribution < -0.4 is 0 Å². The van der Waals surface area contributed by atoms with Crippen molar-refractivity contribution in [3.63, 3.8) is 0 Å². The molecule has 0 saturated carbocycles. The van der Waals surface area contributed by atoms with Crippen molar-refractivity contribution in [2.45, 2.75) is 39.7 Å². The topological polar surface area (TPSA) is 26.3 Å². The summed E-state index contributed by atoms with van der Waals surface area (Å²) in [5, 5.41) is 0. The lowest BCUT2D eigenvalue weighted by molar-refractivity contribution is -0.144. The Morgan fingerprint density at radius 2 is 2.07 bits per heavy atom. The smallest absolute Gasteiger partial charge is 0.303 e. The van der Waals surface area contributed by atoms with Crippen LogP contribution in [0.4, 0.5) is 0 Å². The molecule has 0 aliphatic carbocycles. The summed E-state index contributed by atoms with van der Waals surface area (Å²) < 4.78 is 5.13. The van der Waals surface area contributed by atoms with Gasteiger partial charge in [0, 0.05) is 6.92 Å². The van der Waals surface area contributed by atoms with Gasteiger partial charge in [-0.05, 0) is 24.8 Å². The van der Waals surface area contributed by atoms with E-state index in [4.69, 9.17) is 4.74 Å². The van der Waals surface area contributed by atoms with E-state index in [1.807, 2.05) is 12.2 Å². The molecule has 0 spiro atoms. The maximum atomic E-state index is 10.8. The lowest BCUT2D eigenvalue weighted by Gasteiger charge is -2.12. The van der Waals surface area contributed by atoms with Crippen LogP contribution in [0.5, 0.6) is 0 Å². The Balaban J connectivity index is 4.08. The van der Waals surface area contributed by atoms with Gasteiger partial charge in [0.2, 0.25) is 0 Å². The number of hydrogen-bond acceptors (Lipinski definition) is 2. The van der Waals surface area contributed by atoms with E-state index in [2.05, 4.69) is 26.5 Å². The number of esters is 1. The van der Waals surface area contributed by atoms with E-state index in [1.165, 1.54) is 6.92 Å². The molecular formula is C12H20O2. The predicted octanol–water partition coefficient (Wildman–Crippen LogP) is 3.10. The molecule has 1 atom stereocenters. The first-order valence-electron chi connectivity index (χ1n) is 5.02. The molecule has 0 aromatic carbocycles. The number of carbonyl (C=O) groups is 1. The normalized spacial score (nSPS) is 13.1. The van der Waals surface area contributed by atoms with E-state index >= 15 is 0 Å². The zero-order chi connectivity index (χ0) is 11.0. The summed E-state index contributed by atoms with van der Waals surface area (Å²) in [5.41, 5.74) is 0. The lowest BCUT2D eigenvalue weighted by atomic mass is 10.1. The summed E-state index contributed by atoms with van der Waals surface area (Å²) >= 11 is 0. The van der Waals surface area contributed by atoms with Crippen molar-refractivity contribution in [2.24, 2.45) is 5.92 Å². The van der Waals surface area contributed by atoms with Crippen molar-refractivity contribution in [2.75, 3.05) is 0 Å². The Labute approximate surface area is 86.6 Å². The molecule has 80 valence electrons. The van der Waals surface area contributed by atoms with E-state index in [0.717, 1.165) is 12.8 Å². The molecule has 2 nitrogen and oxygen atoms in total. The van der Waals surface area contributed by atoms with Gasteiger partial charge in [0.15, 0.2) is 0 Å². The van der Waals surface area contributed by atoms with Crippen LogP contribution in [-0.4, -0.2) is 12.1 Å². The quantitative estimate of drug-likeness (QED) is 0.482. The zero-order valence-corrected chi connectivity index (χ0v) is 9.32. The number of rotatable bonds is 6. The van der Waals surface area contributed by atoms with Gasteiger partial charge >= 0.3 is 5.97 Å². The van der Waals surface area contributed by atoms with Gasteiger partial charge in [-0.2, -0.15) is 0 Å². The minimum atomic E-state index is -0.229. The van der Waals surface area contributed by atoms with Gasteiger partial charge in [0.1, 0.15) is 6.10 Å². The summed E-state index contributed by atoms with van der Waals surface area (Å²) in [4.78, 5) is 10.8. The Morgan fingerprint density at radius 3 is 2.50 bits per heavy atom. The molecule has 0 aliphatic rings. The number of ether oxygens (including phenoxy) is 1. The minimum absolute atomic E-state index is 0.104. The summed E-state index contributed by atoms with van der Waals surface area (Å²) in [6.07, 6.45) is 7.41. The summed E-state index contributed by atoms with van der Waals surface area (Å²) in [5.74, 6) is 0.254. The van der Waals surface area contributed by atoms with Crippen LogP contribution in [0.25, 0.3) is 0 Å². The second-order valence-electron chi connectivity index (χ2n) is 3.64. The van der Waals surface area contributed by atoms with Gasteiger partial charge in [-0.15, -0.1) is 6.58 Å². The predicted molar refractivity (Wildman–Crippen MR) is 59.0 cm³/mol. The molecule has 2 heteroatoms. The molecule has 0 rings (SSSR count). The van der Waals surface area contributed by atoms with Gasteiger partial charge in [-0.3, -0.25) is 4.79 Å². The molecule has 0 fully saturated rings. The van der Waals surface area contributed by atoms with Crippen molar-refractivity contribution in [3.05, 3.63) is 24.8 Å². The molecule has 0 aromatic rings. The number of allylic oxidation sites excluding steroid dienone is 2. The highest BCUT2D eigenvalue weighted by Crippen LogP contribution is 2.07. The summed E-state index contributed by atoms with van der Waals surface area (Å²) in [6.45, 7) is 9.26. The van der Waals surface area contributed by atoms with E-state index in [0.29, 0.717) is 5.92 Å². The molecule has 0 amide bonds. The van der Waals surface area contributed by atoms with Gasteiger partial charge in [-0.1, -0.05) is 26.0 Å². The first-order chi connectivity index (χ1) is 6.56. The average Bonchev–Trinajstić information content (AvgIpc) is 2.09. The fraction of sp³-hybridized carbons (Fsp3) is 0.583. The van der Waals surface area contributed by atoms with E-state index in [9.17, 15) is 4.79 Å². The molecule has 1 unspecified atom stereocenters. The Morgan fingerprint density at radius 1 is 1.43 bits per heavy atom. The number of carbonyl (C=O) groups excluding carboxylic acids is 1. The van der Waals surface area contributed by atoms with Crippen molar-refractivity contribution in [1.82, 2.24) is 0 Å². The second-order valence-corrected chi connectivity index (χ2v) is 3.64. The molecule has 0 N–H and O–H groups in total. The molecule has 0 aliphatic heterocycles. The van der Waals surface area contributed by atoms with Crippen LogP contribution >= 0.6 is 0 Å². The van der Waals surface area contributed by atoms with Gasteiger partial charge in [0.05, 0.1) is 0 Å². The third-order valence-corrected chi connectivity index (χ3v) is 1.68. The largest absolute Gasteiger partial charge is 0.458 e. The maximum Gasteiger partial charge on any atom is 0.303 e. The van der Waals surface area contributed by atoms with Crippen molar-refractivity contribution in [3.8, 4) is 0 Å². The Kier molecular flexibility index (Phi) is 6.81. The second kappa shape index (κ2) is 7.36. The van der Waals surface area contributed by atoms with Crippen LogP contribution in [0.3, 0.4) is 0 Å². The SMILES string of the molecule is C=CCCC(/C=C/C(C)C)OC(C)=O.